The lowest BCUT2D eigenvalue weighted by Gasteiger charge is -2.39. The SMILES string of the molecule is CN1C(=O)C[C@](CC(=O)N2CC3C[C@@H]4CC2C[C@H](C3)C4)(c2ccc(-c3ccccc3)cc2)C1=O. The van der Waals surface area contributed by atoms with Crippen LogP contribution in [-0.2, 0) is 19.8 Å². The van der Waals surface area contributed by atoms with Crippen LogP contribution in [0.3, 0.4) is 0 Å². The van der Waals surface area contributed by atoms with Crippen molar-refractivity contribution in [2.45, 2.75) is 56.4 Å². The number of benzene rings is 2. The van der Waals surface area contributed by atoms with Gasteiger partial charge in [0.2, 0.25) is 17.7 Å². The first kappa shape index (κ1) is 21.6. The van der Waals surface area contributed by atoms with E-state index in [9.17, 15) is 14.4 Å². The number of fused-ring (bicyclic) bond motifs is 1. The highest BCUT2D eigenvalue weighted by atomic mass is 16.2. The van der Waals surface area contributed by atoms with Gasteiger partial charge in [-0.05, 0) is 66.5 Å². The fourth-order valence-electron chi connectivity index (χ4n) is 7.41. The molecule has 5 fully saturated rings. The average Bonchev–Trinajstić information content (AvgIpc) is 2.94. The molecule has 7 rings (SSSR count). The average molecular weight is 457 g/mol. The van der Waals surface area contributed by atoms with Gasteiger partial charge in [0.1, 0.15) is 0 Å². The number of hydrogen-bond acceptors (Lipinski definition) is 3. The molecule has 2 saturated carbocycles. The Morgan fingerprint density at radius 1 is 0.853 bits per heavy atom. The Kier molecular flexibility index (Phi) is 5.12. The second-order valence-corrected chi connectivity index (χ2v) is 11.1. The number of likely N-dealkylation sites (tertiary alicyclic amines) is 1. The summed E-state index contributed by atoms with van der Waals surface area (Å²) in [5.41, 5.74) is 1.81. The molecule has 4 bridgehead atoms. The molecule has 34 heavy (non-hydrogen) atoms. The van der Waals surface area contributed by atoms with Gasteiger partial charge >= 0.3 is 0 Å². The second-order valence-electron chi connectivity index (χ2n) is 11.1. The molecular weight excluding hydrogens is 424 g/mol. The van der Waals surface area contributed by atoms with Crippen molar-refractivity contribution in [3.05, 3.63) is 60.2 Å². The molecule has 5 aliphatic rings. The summed E-state index contributed by atoms with van der Waals surface area (Å²) in [6.45, 7) is 0.817. The molecule has 3 saturated heterocycles. The van der Waals surface area contributed by atoms with Crippen LogP contribution in [0.15, 0.2) is 54.6 Å². The summed E-state index contributed by atoms with van der Waals surface area (Å²) in [7, 11) is 1.54. The number of imide groups is 1. The maximum Gasteiger partial charge on any atom is 0.240 e. The summed E-state index contributed by atoms with van der Waals surface area (Å²) < 4.78 is 0. The molecule has 0 spiro atoms. The van der Waals surface area contributed by atoms with E-state index < -0.39 is 5.41 Å². The van der Waals surface area contributed by atoms with Crippen LogP contribution < -0.4 is 0 Å². The quantitative estimate of drug-likeness (QED) is 0.641. The molecule has 5 atom stereocenters. The van der Waals surface area contributed by atoms with Gasteiger partial charge in [0, 0.05) is 32.5 Å². The number of nitrogens with zero attached hydrogens (tertiary/aromatic N) is 2. The molecule has 5 heteroatoms. The maximum absolute atomic E-state index is 13.8. The molecule has 3 heterocycles. The van der Waals surface area contributed by atoms with Crippen molar-refractivity contribution >= 4 is 17.7 Å². The Morgan fingerprint density at radius 3 is 2.09 bits per heavy atom. The van der Waals surface area contributed by atoms with Gasteiger partial charge in [-0.25, -0.2) is 0 Å². The third kappa shape index (κ3) is 3.48. The first-order valence-electron chi connectivity index (χ1n) is 12.7. The van der Waals surface area contributed by atoms with E-state index in [0.29, 0.717) is 12.0 Å². The second kappa shape index (κ2) is 8.07. The van der Waals surface area contributed by atoms with Gasteiger partial charge in [-0.2, -0.15) is 0 Å². The highest BCUT2D eigenvalue weighted by Crippen LogP contribution is 2.48. The largest absolute Gasteiger partial charge is 0.339 e. The Hall–Kier alpha value is -2.95. The lowest BCUT2D eigenvalue weighted by molar-refractivity contribution is -0.142. The van der Waals surface area contributed by atoms with E-state index in [-0.39, 0.29) is 30.6 Å². The minimum absolute atomic E-state index is 0.0433. The van der Waals surface area contributed by atoms with Crippen LogP contribution in [0, 0.1) is 17.8 Å². The molecule has 5 nitrogen and oxygen atoms in total. The highest BCUT2D eigenvalue weighted by Gasteiger charge is 2.54. The molecule has 2 unspecified atom stereocenters. The van der Waals surface area contributed by atoms with E-state index in [1.165, 1.54) is 24.2 Å². The van der Waals surface area contributed by atoms with Crippen molar-refractivity contribution in [1.82, 2.24) is 9.80 Å². The van der Waals surface area contributed by atoms with E-state index in [2.05, 4.69) is 4.90 Å². The van der Waals surface area contributed by atoms with Crippen LogP contribution in [0.4, 0.5) is 0 Å². The minimum Gasteiger partial charge on any atom is -0.339 e. The fourth-order valence-corrected chi connectivity index (χ4v) is 7.41. The predicted molar refractivity (Wildman–Crippen MR) is 130 cm³/mol. The zero-order valence-corrected chi connectivity index (χ0v) is 19.8. The molecule has 176 valence electrons. The summed E-state index contributed by atoms with van der Waals surface area (Å²) in [5.74, 6) is 1.67. The number of amides is 3. The summed E-state index contributed by atoms with van der Waals surface area (Å²) in [6, 6.07) is 18.3. The number of hydrogen-bond donors (Lipinski definition) is 0. The Morgan fingerprint density at radius 2 is 1.47 bits per heavy atom. The number of carbonyl (C=O) groups is 3. The maximum atomic E-state index is 13.8. The molecule has 2 aliphatic carbocycles. The molecule has 3 aliphatic heterocycles. The lowest BCUT2D eigenvalue weighted by Crippen LogP contribution is -2.47. The summed E-state index contributed by atoms with van der Waals surface area (Å²) in [4.78, 5) is 43.3. The van der Waals surface area contributed by atoms with Gasteiger partial charge < -0.3 is 4.90 Å². The summed E-state index contributed by atoms with van der Waals surface area (Å²) in [5, 5.41) is 0. The molecule has 2 aromatic rings. The third-order valence-electron chi connectivity index (χ3n) is 8.97. The van der Waals surface area contributed by atoms with Crippen molar-refractivity contribution < 1.29 is 14.4 Å². The Labute approximate surface area is 201 Å². The van der Waals surface area contributed by atoms with Gasteiger partial charge in [-0.1, -0.05) is 54.6 Å². The van der Waals surface area contributed by atoms with Gasteiger partial charge in [-0.3, -0.25) is 19.3 Å². The van der Waals surface area contributed by atoms with E-state index >= 15 is 0 Å². The van der Waals surface area contributed by atoms with Crippen LogP contribution in [0.1, 0.15) is 50.5 Å². The molecule has 0 N–H and O–H groups in total. The van der Waals surface area contributed by atoms with Crippen molar-refractivity contribution in [2.24, 2.45) is 17.8 Å². The monoisotopic (exact) mass is 456 g/mol. The standard InChI is InChI=1S/C29H32N2O3/c1-30-26(32)16-29(28(30)34,24-9-7-23(8-10-24)22-5-3-2-4-6-22)17-27(33)31-18-21-12-19-11-20(13-21)15-25(31)14-19/h2-10,19-21,25H,11-18H2,1H3/t19-,20+,21?,25?,29-/m0/s1. The number of rotatable bonds is 4. The summed E-state index contributed by atoms with van der Waals surface area (Å²) >= 11 is 0. The first-order chi connectivity index (χ1) is 16.4. The fraction of sp³-hybridized carbons (Fsp3) is 0.483. The van der Waals surface area contributed by atoms with E-state index in [0.717, 1.165) is 47.9 Å². The van der Waals surface area contributed by atoms with Gasteiger partial charge in [0.05, 0.1) is 5.41 Å². The van der Waals surface area contributed by atoms with Crippen molar-refractivity contribution in [3.8, 4) is 11.1 Å². The van der Waals surface area contributed by atoms with Crippen LogP contribution >= 0.6 is 0 Å². The molecule has 0 radical (unpaired) electrons. The van der Waals surface area contributed by atoms with Crippen LogP contribution in [-0.4, -0.2) is 47.2 Å². The lowest BCUT2D eigenvalue weighted by atomic mass is 9.68. The number of carbonyl (C=O) groups excluding carboxylic acids is 3. The van der Waals surface area contributed by atoms with Crippen molar-refractivity contribution in [1.29, 1.82) is 0 Å². The van der Waals surface area contributed by atoms with Crippen molar-refractivity contribution in [2.75, 3.05) is 13.6 Å². The zero-order valence-electron chi connectivity index (χ0n) is 19.8. The van der Waals surface area contributed by atoms with E-state index in [1.807, 2.05) is 54.6 Å². The topological polar surface area (TPSA) is 57.7 Å². The Bertz CT molecular complexity index is 1110. The molecular formula is C29H32N2O3. The summed E-state index contributed by atoms with van der Waals surface area (Å²) in [6.07, 6.45) is 6.14. The highest BCUT2D eigenvalue weighted by molar-refractivity contribution is 6.10. The first-order valence-corrected chi connectivity index (χ1v) is 12.7. The smallest absolute Gasteiger partial charge is 0.240 e. The van der Waals surface area contributed by atoms with Gasteiger partial charge in [0.15, 0.2) is 0 Å². The molecule has 2 aromatic carbocycles. The van der Waals surface area contributed by atoms with Crippen LogP contribution in [0.25, 0.3) is 11.1 Å². The van der Waals surface area contributed by atoms with Crippen LogP contribution in [0.2, 0.25) is 0 Å². The van der Waals surface area contributed by atoms with Crippen molar-refractivity contribution in [3.63, 3.8) is 0 Å². The number of likely N-dealkylation sites (N-methyl/N-ethyl adjacent to an activating group) is 1. The minimum atomic E-state index is -1.11. The van der Waals surface area contributed by atoms with E-state index in [4.69, 9.17) is 0 Å². The molecule has 3 amide bonds. The van der Waals surface area contributed by atoms with E-state index in [1.54, 1.807) is 7.05 Å². The third-order valence-corrected chi connectivity index (χ3v) is 8.97. The molecule has 0 aromatic heterocycles. The van der Waals surface area contributed by atoms with Gasteiger partial charge in [0.25, 0.3) is 0 Å². The predicted octanol–water partition coefficient (Wildman–Crippen LogP) is 4.41. The zero-order chi connectivity index (χ0) is 23.4. The van der Waals surface area contributed by atoms with Crippen LogP contribution in [0.5, 0.6) is 0 Å². The van der Waals surface area contributed by atoms with Gasteiger partial charge in [-0.15, -0.1) is 0 Å². The normalized spacial score (nSPS) is 32.4. The Balaban J connectivity index is 1.32.